The van der Waals surface area contributed by atoms with E-state index in [0.29, 0.717) is 24.5 Å². The molecule has 0 saturated carbocycles. The fourth-order valence-corrected chi connectivity index (χ4v) is 3.97. The second-order valence-electron chi connectivity index (χ2n) is 7.22. The molecule has 4 heteroatoms. The Balaban J connectivity index is 1.68. The maximum atomic E-state index is 12.8. The fraction of sp³-hybridized carbons (Fsp3) is 0.650. The second-order valence-corrected chi connectivity index (χ2v) is 7.22. The van der Waals surface area contributed by atoms with Gasteiger partial charge in [0.1, 0.15) is 0 Å². The molecule has 2 fully saturated rings. The van der Waals surface area contributed by atoms with E-state index in [1.807, 2.05) is 0 Å². The smallest absolute Gasteiger partial charge is 0.237 e. The molecule has 0 bridgehead atoms. The van der Waals surface area contributed by atoms with Gasteiger partial charge in [-0.15, -0.1) is 0 Å². The standard InChI is InChI=1S/C20H31N3O/c1-3-17-7-9-18(10-8-17)19-14-21-11-13-22(19)15-20(24)23-12-5-4-6-16(23)2/h7-10,16,19,21H,3-6,11-15H2,1-2H3. The Labute approximate surface area is 146 Å². The van der Waals surface area contributed by atoms with E-state index in [0.717, 1.165) is 45.4 Å². The van der Waals surface area contributed by atoms with E-state index in [2.05, 4.69) is 53.2 Å². The molecule has 3 rings (SSSR count). The first kappa shape index (κ1) is 17.4. The minimum atomic E-state index is 0.300. The fourth-order valence-electron chi connectivity index (χ4n) is 3.97. The summed E-state index contributed by atoms with van der Waals surface area (Å²) in [4.78, 5) is 17.3. The topological polar surface area (TPSA) is 35.6 Å². The monoisotopic (exact) mass is 329 g/mol. The summed E-state index contributed by atoms with van der Waals surface area (Å²) in [5.74, 6) is 0.305. The van der Waals surface area contributed by atoms with Gasteiger partial charge in [0, 0.05) is 38.3 Å². The van der Waals surface area contributed by atoms with Gasteiger partial charge < -0.3 is 10.2 Å². The second kappa shape index (κ2) is 8.13. The molecule has 0 aromatic heterocycles. The lowest BCUT2D eigenvalue weighted by molar-refractivity contribution is -0.136. The van der Waals surface area contributed by atoms with Gasteiger partial charge in [-0.25, -0.2) is 0 Å². The summed E-state index contributed by atoms with van der Waals surface area (Å²) in [6.45, 7) is 8.68. The highest BCUT2D eigenvalue weighted by atomic mass is 16.2. The van der Waals surface area contributed by atoms with E-state index >= 15 is 0 Å². The lowest BCUT2D eigenvalue weighted by Crippen LogP contribution is -2.52. The number of carbonyl (C=O) groups is 1. The zero-order valence-corrected chi connectivity index (χ0v) is 15.1. The van der Waals surface area contributed by atoms with Crippen molar-refractivity contribution in [3.63, 3.8) is 0 Å². The summed E-state index contributed by atoms with van der Waals surface area (Å²) in [7, 11) is 0. The third kappa shape index (κ3) is 3.98. The van der Waals surface area contributed by atoms with Crippen LogP contribution >= 0.6 is 0 Å². The number of piperazine rings is 1. The van der Waals surface area contributed by atoms with Gasteiger partial charge in [-0.3, -0.25) is 9.69 Å². The zero-order valence-electron chi connectivity index (χ0n) is 15.1. The lowest BCUT2D eigenvalue weighted by atomic mass is 10.0. The first-order valence-corrected chi connectivity index (χ1v) is 9.52. The Hall–Kier alpha value is -1.39. The van der Waals surface area contributed by atoms with E-state index in [9.17, 15) is 4.79 Å². The van der Waals surface area contributed by atoms with E-state index in [-0.39, 0.29) is 0 Å². The van der Waals surface area contributed by atoms with Crippen LogP contribution in [0.15, 0.2) is 24.3 Å². The number of rotatable bonds is 4. The maximum Gasteiger partial charge on any atom is 0.237 e. The van der Waals surface area contributed by atoms with Gasteiger partial charge in [0.05, 0.1) is 6.54 Å². The van der Waals surface area contributed by atoms with Gasteiger partial charge in [0.2, 0.25) is 5.91 Å². The molecule has 1 aromatic carbocycles. The maximum absolute atomic E-state index is 12.8. The Morgan fingerprint density at radius 2 is 2.00 bits per heavy atom. The number of hydrogen-bond donors (Lipinski definition) is 1. The van der Waals surface area contributed by atoms with Gasteiger partial charge in [-0.05, 0) is 43.7 Å². The Kier molecular flexibility index (Phi) is 5.90. The number of hydrogen-bond acceptors (Lipinski definition) is 3. The summed E-state index contributed by atoms with van der Waals surface area (Å²) < 4.78 is 0. The summed E-state index contributed by atoms with van der Waals surface area (Å²) in [5.41, 5.74) is 2.69. The third-order valence-corrected chi connectivity index (χ3v) is 5.59. The highest BCUT2D eigenvalue weighted by molar-refractivity contribution is 5.78. The average Bonchev–Trinajstić information content (AvgIpc) is 2.62. The number of nitrogens with one attached hydrogen (secondary N) is 1. The molecule has 0 spiro atoms. The zero-order chi connectivity index (χ0) is 16.9. The summed E-state index contributed by atoms with van der Waals surface area (Å²) in [5, 5.41) is 3.49. The predicted octanol–water partition coefficient (Wildman–Crippen LogP) is 2.60. The average molecular weight is 329 g/mol. The van der Waals surface area contributed by atoms with E-state index in [1.54, 1.807) is 0 Å². The highest BCUT2D eigenvalue weighted by Crippen LogP contribution is 2.24. The van der Waals surface area contributed by atoms with Crippen LogP contribution in [0.1, 0.15) is 50.3 Å². The molecule has 1 amide bonds. The van der Waals surface area contributed by atoms with Gasteiger partial charge in [0.25, 0.3) is 0 Å². The predicted molar refractivity (Wildman–Crippen MR) is 98.0 cm³/mol. The molecule has 132 valence electrons. The molecule has 24 heavy (non-hydrogen) atoms. The number of piperidine rings is 1. The number of aryl methyl sites for hydroxylation is 1. The minimum absolute atomic E-state index is 0.300. The van der Waals surface area contributed by atoms with Crippen LogP contribution in [0.25, 0.3) is 0 Å². The van der Waals surface area contributed by atoms with Crippen molar-refractivity contribution < 1.29 is 4.79 Å². The highest BCUT2D eigenvalue weighted by Gasteiger charge is 2.29. The molecule has 0 aliphatic carbocycles. The minimum Gasteiger partial charge on any atom is -0.339 e. The molecule has 4 nitrogen and oxygen atoms in total. The number of likely N-dealkylation sites (tertiary alicyclic amines) is 1. The van der Waals surface area contributed by atoms with E-state index < -0.39 is 0 Å². The van der Waals surface area contributed by atoms with Crippen molar-refractivity contribution in [3.05, 3.63) is 35.4 Å². The lowest BCUT2D eigenvalue weighted by Gasteiger charge is -2.39. The molecule has 2 heterocycles. The number of carbonyl (C=O) groups excluding carboxylic acids is 1. The van der Waals surface area contributed by atoms with Crippen LogP contribution in [0.3, 0.4) is 0 Å². The van der Waals surface area contributed by atoms with Crippen molar-refractivity contribution in [2.75, 3.05) is 32.7 Å². The van der Waals surface area contributed by atoms with Crippen LogP contribution in [0.4, 0.5) is 0 Å². The molecule has 0 radical (unpaired) electrons. The van der Waals surface area contributed by atoms with E-state index in [4.69, 9.17) is 0 Å². The molecule has 2 atom stereocenters. The first-order valence-electron chi connectivity index (χ1n) is 9.52. The van der Waals surface area contributed by atoms with Crippen LogP contribution in [-0.4, -0.2) is 54.5 Å². The van der Waals surface area contributed by atoms with Crippen molar-refractivity contribution in [1.29, 1.82) is 0 Å². The van der Waals surface area contributed by atoms with Crippen LogP contribution in [0.2, 0.25) is 0 Å². The molecule has 1 aromatic rings. The Bertz CT molecular complexity index is 542. The summed E-state index contributed by atoms with van der Waals surface area (Å²) in [6, 6.07) is 9.60. The van der Waals surface area contributed by atoms with Gasteiger partial charge >= 0.3 is 0 Å². The molecule has 1 N–H and O–H groups in total. The molecule has 2 saturated heterocycles. The Morgan fingerprint density at radius 1 is 1.21 bits per heavy atom. The first-order chi connectivity index (χ1) is 11.7. The quantitative estimate of drug-likeness (QED) is 0.922. The van der Waals surface area contributed by atoms with Crippen molar-refractivity contribution in [2.45, 2.75) is 51.6 Å². The molecule has 2 aliphatic rings. The number of amides is 1. The SMILES string of the molecule is CCc1ccc(C2CNCCN2CC(=O)N2CCCCC2C)cc1. The number of nitrogens with zero attached hydrogens (tertiary/aromatic N) is 2. The Morgan fingerprint density at radius 3 is 2.71 bits per heavy atom. The third-order valence-electron chi connectivity index (χ3n) is 5.59. The largest absolute Gasteiger partial charge is 0.339 e. The molecule has 2 aliphatic heterocycles. The van der Waals surface area contributed by atoms with Crippen molar-refractivity contribution in [1.82, 2.24) is 15.1 Å². The van der Waals surface area contributed by atoms with Crippen molar-refractivity contribution in [3.8, 4) is 0 Å². The van der Waals surface area contributed by atoms with Gasteiger partial charge in [-0.1, -0.05) is 31.2 Å². The van der Waals surface area contributed by atoms with Gasteiger partial charge in [0.15, 0.2) is 0 Å². The summed E-state index contributed by atoms with van der Waals surface area (Å²) in [6.07, 6.45) is 4.62. The van der Waals surface area contributed by atoms with Crippen molar-refractivity contribution in [2.24, 2.45) is 0 Å². The van der Waals surface area contributed by atoms with Crippen LogP contribution in [0.5, 0.6) is 0 Å². The van der Waals surface area contributed by atoms with Gasteiger partial charge in [-0.2, -0.15) is 0 Å². The van der Waals surface area contributed by atoms with Crippen LogP contribution < -0.4 is 5.32 Å². The normalized spacial score (nSPS) is 25.7. The van der Waals surface area contributed by atoms with Crippen molar-refractivity contribution >= 4 is 5.91 Å². The molecular weight excluding hydrogens is 298 g/mol. The number of benzene rings is 1. The summed E-state index contributed by atoms with van der Waals surface area (Å²) >= 11 is 0. The molecular formula is C20H31N3O. The van der Waals surface area contributed by atoms with Crippen LogP contribution in [-0.2, 0) is 11.2 Å². The van der Waals surface area contributed by atoms with Crippen LogP contribution in [0, 0.1) is 0 Å². The van der Waals surface area contributed by atoms with E-state index in [1.165, 1.54) is 17.5 Å². The molecule has 2 unspecified atom stereocenters.